The van der Waals surface area contributed by atoms with Crippen LogP contribution in [0.4, 0.5) is 4.79 Å². The molecule has 7 nitrogen and oxygen atoms in total. The molecule has 0 heterocycles. The fourth-order valence-corrected chi connectivity index (χ4v) is 8.43. The topological polar surface area (TPSA) is 77.1 Å². The number of nitrogens with one attached hydrogen (secondary N) is 1. The number of ether oxygens (including phenoxy) is 1. The van der Waals surface area contributed by atoms with E-state index in [4.69, 9.17) is 15.4 Å². The number of hydrogen-bond donors (Lipinski definition) is 1. The van der Waals surface area contributed by atoms with Gasteiger partial charge < -0.3 is 14.5 Å². The molecular formula is C26H38N2O5Si. The first-order chi connectivity index (χ1) is 16.4. The highest BCUT2D eigenvalue weighted by Crippen LogP contribution is 2.36. The van der Waals surface area contributed by atoms with Gasteiger partial charge in [0.15, 0.2) is 0 Å². The Labute approximate surface area is 205 Å². The fourth-order valence-electron chi connectivity index (χ4n) is 3.86. The van der Waals surface area contributed by atoms with E-state index < -0.39 is 39.0 Å². The lowest BCUT2D eigenvalue weighted by molar-refractivity contribution is -0.171. The van der Waals surface area contributed by atoms with Crippen LogP contribution < -0.4 is 15.7 Å². The molecule has 2 aromatic carbocycles. The van der Waals surface area contributed by atoms with Gasteiger partial charge in [-0.3, -0.25) is 9.63 Å². The summed E-state index contributed by atoms with van der Waals surface area (Å²) < 4.78 is 19.8. The average molecular weight is 488 g/mol. The number of hydrogen-bond acceptors (Lipinski definition) is 5. The Morgan fingerprint density at radius 3 is 1.85 bits per heavy atom. The zero-order chi connectivity index (χ0) is 26.3. The van der Waals surface area contributed by atoms with Crippen LogP contribution in [0, 0.1) is 0 Å². The minimum atomic E-state index is -2.96. The maximum atomic E-state index is 13.2. The van der Waals surface area contributed by atoms with E-state index in [0.717, 1.165) is 15.4 Å². The van der Waals surface area contributed by atoms with Crippen molar-refractivity contribution in [2.24, 2.45) is 0 Å². The molecule has 0 unspecified atom stereocenters. The summed E-state index contributed by atoms with van der Waals surface area (Å²) in [5.74, 6) is -0.591. The minimum Gasteiger partial charge on any atom is -0.444 e. The highest BCUT2D eigenvalue weighted by atomic mass is 28.4. The van der Waals surface area contributed by atoms with E-state index in [-0.39, 0.29) is 11.6 Å². The number of amides is 2. The molecule has 0 aliphatic heterocycles. The first kappa shape index (κ1) is 25.9. The Morgan fingerprint density at radius 2 is 1.47 bits per heavy atom. The molecule has 0 radical (unpaired) electrons. The maximum Gasteiger partial charge on any atom is 0.408 e. The van der Waals surface area contributed by atoms with E-state index in [9.17, 15) is 9.59 Å². The lowest BCUT2D eigenvalue weighted by Gasteiger charge is -2.43. The van der Waals surface area contributed by atoms with Crippen molar-refractivity contribution in [1.29, 1.82) is 0 Å². The molecule has 186 valence electrons. The van der Waals surface area contributed by atoms with Crippen molar-refractivity contribution in [3.8, 4) is 0 Å². The van der Waals surface area contributed by atoms with Crippen molar-refractivity contribution in [2.45, 2.75) is 58.2 Å². The predicted octanol–water partition coefficient (Wildman–Crippen LogP) is 3.48. The number of likely N-dealkylation sites (N-methyl/N-ethyl adjacent to an activating group) is 1. The summed E-state index contributed by atoms with van der Waals surface area (Å²) in [6.07, 6.45) is -0.747. The van der Waals surface area contributed by atoms with Gasteiger partial charge in [0.1, 0.15) is 11.6 Å². The molecule has 0 bridgehead atoms. The number of nitrogens with zero attached hydrogens (tertiary/aromatic N) is 1. The van der Waals surface area contributed by atoms with E-state index >= 15 is 0 Å². The molecule has 8 heteroatoms. The van der Waals surface area contributed by atoms with Crippen LogP contribution in [-0.4, -0.2) is 57.8 Å². The van der Waals surface area contributed by atoms with Gasteiger partial charge in [-0.25, -0.2) is 9.86 Å². The summed E-state index contributed by atoms with van der Waals surface area (Å²) in [6, 6.07) is 18.9. The van der Waals surface area contributed by atoms with E-state index in [1.165, 1.54) is 7.11 Å². The number of hydroxylamine groups is 2. The smallest absolute Gasteiger partial charge is 0.408 e. The monoisotopic (exact) mass is 487 g/mol. The summed E-state index contributed by atoms with van der Waals surface area (Å²) in [6.45, 7) is 11.5. The fraction of sp³-hybridized carbons (Fsp3) is 0.462. The average Bonchev–Trinajstić information content (AvgIpc) is 2.78. The molecule has 1 atom stereocenters. The molecule has 2 rings (SSSR count). The van der Waals surface area contributed by atoms with Crippen molar-refractivity contribution in [3.05, 3.63) is 60.7 Å². The molecule has 1 N–H and O–H groups in total. The van der Waals surface area contributed by atoms with Gasteiger partial charge in [-0.05, 0) is 36.2 Å². The molecule has 0 saturated heterocycles. The number of rotatable bonds is 8. The lowest BCUT2D eigenvalue weighted by Crippen LogP contribution is -2.68. The van der Waals surface area contributed by atoms with Crippen LogP contribution >= 0.6 is 0 Å². The third kappa shape index (κ3) is 6.68. The standard InChI is InChI=1S/C26H38N2O5Si/c1-25(2,3)33-24(30)27-22(23(29)28(7)31-8)19-32-34(26(4,5)6,20-15-11-9-12-16-20)21-17-13-10-14-18-21/h9-18,22H,19H2,1-8H3,(H,27,30)/t22-/m0/s1/i7D. The number of carbonyl (C=O) groups excluding carboxylic acids is 2. The Hall–Kier alpha value is -2.68. The predicted molar refractivity (Wildman–Crippen MR) is 137 cm³/mol. The van der Waals surface area contributed by atoms with Crippen LogP contribution in [0.25, 0.3) is 0 Å². The molecule has 0 saturated carbocycles. The van der Waals surface area contributed by atoms with Crippen LogP contribution in [-0.2, 0) is 18.8 Å². The molecule has 0 aliphatic carbocycles. The van der Waals surface area contributed by atoms with E-state index in [1.807, 2.05) is 60.7 Å². The van der Waals surface area contributed by atoms with Gasteiger partial charge in [0, 0.05) is 8.39 Å². The second-order valence-electron chi connectivity index (χ2n) is 10.1. The Balaban J connectivity index is 2.52. The zero-order valence-corrected chi connectivity index (χ0v) is 22.3. The van der Waals surface area contributed by atoms with Gasteiger partial charge in [0.25, 0.3) is 14.2 Å². The molecule has 34 heavy (non-hydrogen) atoms. The van der Waals surface area contributed by atoms with Crippen LogP contribution in [0.3, 0.4) is 0 Å². The van der Waals surface area contributed by atoms with E-state index in [1.54, 1.807) is 20.8 Å². The molecule has 0 aromatic heterocycles. The van der Waals surface area contributed by atoms with Gasteiger partial charge >= 0.3 is 6.09 Å². The minimum absolute atomic E-state index is 0.120. The molecule has 0 spiro atoms. The quantitative estimate of drug-likeness (QED) is 0.456. The van der Waals surface area contributed by atoms with E-state index in [2.05, 4.69) is 26.1 Å². The molecule has 2 aromatic rings. The van der Waals surface area contributed by atoms with Crippen LogP contribution in [0.2, 0.25) is 5.04 Å². The summed E-state index contributed by atoms with van der Waals surface area (Å²) >= 11 is 0. The second kappa shape index (κ2) is 11.2. The number of carbonyl (C=O) groups is 2. The van der Waals surface area contributed by atoms with Gasteiger partial charge in [0.05, 0.1) is 13.7 Å². The van der Waals surface area contributed by atoms with Crippen LogP contribution in [0.1, 0.15) is 42.9 Å². The summed E-state index contributed by atoms with van der Waals surface area (Å²) in [7, 11) is -2.09. The van der Waals surface area contributed by atoms with Crippen molar-refractivity contribution in [1.82, 2.24) is 10.4 Å². The van der Waals surface area contributed by atoms with Crippen molar-refractivity contribution in [3.63, 3.8) is 0 Å². The molecular weight excluding hydrogens is 448 g/mol. The first-order valence-electron chi connectivity index (χ1n) is 12.0. The summed E-state index contributed by atoms with van der Waals surface area (Å²) in [4.78, 5) is 30.8. The Morgan fingerprint density at radius 1 is 0.971 bits per heavy atom. The third-order valence-corrected chi connectivity index (χ3v) is 10.3. The highest BCUT2D eigenvalue weighted by molar-refractivity contribution is 6.99. The van der Waals surface area contributed by atoms with Crippen molar-refractivity contribution < 1.29 is 25.0 Å². The van der Waals surface area contributed by atoms with Gasteiger partial charge in [-0.2, -0.15) is 0 Å². The van der Waals surface area contributed by atoms with Gasteiger partial charge in [-0.1, -0.05) is 81.4 Å². The van der Waals surface area contributed by atoms with Crippen LogP contribution in [0.15, 0.2) is 60.7 Å². The van der Waals surface area contributed by atoms with Gasteiger partial charge in [0.2, 0.25) is 0 Å². The van der Waals surface area contributed by atoms with E-state index in [0.29, 0.717) is 0 Å². The maximum absolute atomic E-state index is 13.2. The molecule has 0 aliphatic rings. The molecule has 2 amide bonds. The lowest BCUT2D eigenvalue weighted by atomic mass is 10.2. The van der Waals surface area contributed by atoms with Crippen molar-refractivity contribution in [2.75, 3.05) is 20.7 Å². The van der Waals surface area contributed by atoms with Crippen LogP contribution in [0.5, 0.6) is 0 Å². The van der Waals surface area contributed by atoms with Gasteiger partial charge in [-0.15, -0.1) is 0 Å². The normalized spacial score (nSPS) is 13.6. The Bertz CT molecular complexity index is 918. The summed E-state index contributed by atoms with van der Waals surface area (Å²) in [5.41, 5.74) is -0.743. The Kier molecular flexibility index (Phi) is 8.51. The first-order valence-corrected chi connectivity index (χ1v) is 13.2. The SMILES string of the molecule is [2H]CN(OC)C(=O)[C@H](CO[Si](c1ccccc1)(c1ccccc1)C(C)(C)C)NC(=O)OC(C)(C)C. The zero-order valence-electron chi connectivity index (χ0n) is 22.3. The third-order valence-electron chi connectivity index (χ3n) is 5.34. The highest BCUT2D eigenvalue weighted by Gasteiger charge is 2.50. The number of benzene rings is 2. The molecule has 0 fully saturated rings. The summed E-state index contributed by atoms with van der Waals surface area (Å²) in [5, 5.41) is 5.28. The second-order valence-corrected chi connectivity index (χ2v) is 14.4. The largest absolute Gasteiger partial charge is 0.444 e. The van der Waals surface area contributed by atoms with Crippen molar-refractivity contribution >= 4 is 30.7 Å². The number of alkyl carbamates (subject to hydrolysis) is 1.